The molecule has 140 valence electrons. The van der Waals surface area contributed by atoms with Crippen LogP contribution >= 0.6 is 0 Å². The Balaban J connectivity index is 1.85. The highest BCUT2D eigenvalue weighted by Gasteiger charge is 2.31. The first-order valence-corrected chi connectivity index (χ1v) is 10.1. The van der Waals surface area contributed by atoms with Gasteiger partial charge in [-0.15, -0.1) is 0 Å². The minimum atomic E-state index is -0.422. The molecule has 0 aromatic rings. The quantitative estimate of drug-likeness (QED) is 0.797. The number of alkyl carbamates (subject to hydrolysis) is 1. The predicted octanol–water partition coefficient (Wildman–Crippen LogP) is 4.58. The van der Waals surface area contributed by atoms with E-state index in [-0.39, 0.29) is 12.1 Å². The van der Waals surface area contributed by atoms with Crippen molar-refractivity contribution in [2.45, 2.75) is 90.7 Å². The van der Waals surface area contributed by atoms with Crippen LogP contribution < -0.4 is 5.32 Å². The molecule has 2 rings (SSSR count). The van der Waals surface area contributed by atoms with E-state index in [0.29, 0.717) is 5.92 Å². The minimum Gasteiger partial charge on any atom is -0.444 e. The summed E-state index contributed by atoms with van der Waals surface area (Å²) in [5.74, 6) is 1.45. The van der Waals surface area contributed by atoms with Gasteiger partial charge in [0.2, 0.25) is 0 Å². The molecule has 0 radical (unpaired) electrons. The summed E-state index contributed by atoms with van der Waals surface area (Å²) in [7, 11) is 0. The van der Waals surface area contributed by atoms with Gasteiger partial charge >= 0.3 is 6.09 Å². The van der Waals surface area contributed by atoms with Crippen molar-refractivity contribution in [2.75, 3.05) is 19.6 Å². The highest BCUT2D eigenvalue weighted by atomic mass is 16.6. The normalized spacial score (nSPS) is 29.2. The van der Waals surface area contributed by atoms with Crippen LogP contribution in [0.2, 0.25) is 0 Å². The van der Waals surface area contributed by atoms with Crippen LogP contribution in [0.5, 0.6) is 0 Å². The molecule has 3 atom stereocenters. The molecule has 2 aliphatic rings. The summed E-state index contributed by atoms with van der Waals surface area (Å²) >= 11 is 0. The molecule has 1 aliphatic heterocycles. The van der Waals surface area contributed by atoms with Gasteiger partial charge in [-0.1, -0.05) is 26.2 Å². The maximum absolute atomic E-state index is 12.2. The lowest BCUT2D eigenvalue weighted by atomic mass is 9.83. The lowest BCUT2D eigenvalue weighted by Crippen LogP contribution is -2.49. The molecular weight excluding hydrogens is 300 g/mol. The number of amides is 1. The predicted molar refractivity (Wildman–Crippen MR) is 99.2 cm³/mol. The first-order chi connectivity index (χ1) is 11.4. The average Bonchev–Trinajstić information content (AvgIpc) is 2.48. The summed E-state index contributed by atoms with van der Waals surface area (Å²) in [6.07, 6.45) is 9.98. The van der Waals surface area contributed by atoms with Gasteiger partial charge in [-0.25, -0.2) is 4.79 Å². The molecule has 0 aromatic heterocycles. The van der Waals surface area contributed by atoms with Crippen molar-refractivity contribution >= 4 is 6.09 Å². The summed E-state index contributed by atoms with van der Waals surface area (Å²) < 4.78 is 5.46. The van der Waals surface area contributed by atoms with Gasteiger partial charge < -0.3 is 15.0 Å². The van der Waals surface area contributed by atoms with E-state index < -0.39 is 5.60 Å². The van der Waals surface area contributed by atoms with Gasteiger partial charge in [0.15, 0.2) is 0 Å². The summed E-state index contributed by atoms with van der Waals surface area (Å²) in [6, 6.07) is 0.278. The van der Waals surface area contributed by atoms with Gasteiger partial charge in [0, 0.05) is 19.1 Å². The second kappa shape index (κ2) is 9.07. The van der Waals surface area contributed by atoms with E-state index in [1.54, 1.807) is 0 Å². The largest absolute Gasteiger partial charge is 0.444 e. The molecule has 1 amide bonds. The highest BCUT2D eigenvalue weighted by molar-refractivity contribution is 5.68. The van der Waals surface area contributed by atoms with Crippen LogP contribution in [0.3, 0.4) is 0 Å². The van der Waals surface area contributed by atoms with Gasteiger partial charge in [-0.2, -0.15) is 0 Å². The van der Waals surface area contributed by atoms with Crippen molar-refractivity contribution in [2.24, 2.45) is 11.8 Å². The second-order valence-corrected chi connectivity index (χ2v) is 8.85. The fraction of sp³-hybridized carbons (Fsp3) is 0.950. The van der Waals surface area contributed by atoms with Gasteiger partial charge in [0.05, 0.1) is 0 Å². The number of hydrogen-bond acceptors (Lipinski definition) is 3. The molecule has 1 aliphatic carbocycles. The Morgan fingerprint density at radius 2 is 1.92 bits per heavy atom. The number of nitrogens with one attached hydrogen (secondary N) is 1. The number of carbonyl (C=O) groups excluding carboxylic acids is 1. The van der Waals surface area contributed by atoms with E-state index in [2.05, 4.69) is 17.1 Å². The molecule has 0 bridgehead atoms. The first kappa shape index (κ1) is 19.6. The molecule has 4 nitrogen and oxygen atoms in total. The summed E-state index contributed by atoms with van der Waals surface area (Å²) in [5.41, 5.74) is -0.422. The lowest BCUT2D eigenvalue weighted by molar-refractivity contribution is 0.0443. The zero-order valence-electron chi connectivity index (χ0n) is 16.3. The van der Waals surface area contributed by atoms with Gasteiger partial charge in [0.25, 0.3) is 0 Å². The van der Waals surface area contributed by atoms with E-state index in [4.69, 9.17) is 4.74 Å². The Bertz CT molecular complexity index is 390. The zero-order valence-corrected chi connectivity index (χ0v) is 16.3. The fourth-order valence-electron chi connectivity index (χ4n) is 4.37. The van der Waals surface area contributed by atoms with Gasteiger partial charge in [0.1, 0.15) is 5.60 Å². The molecule has 2 fully saturated rings. The molecule has 1 unspecified atom stereocenters. The molecule has 1 N–H and O–H groups in total. The Morgan fingerprint density at radius 3 is 2.62 bits per heavy atom. The maximum atomic E-state index is 12.2. The third-order valence-electron chi connectivity index (χ3n) is 5.40. The topological polar surface area (TPSA) is 41.6 Å². The average molecular weight is 339 g/mol. The number of carbonyl (C=O) groups is 1. The molecule has 0 aromatic carbocycles. The van der Waals surface area contributed by atoms with Gasteiger partial charge in [-0.3, -0.25) is 0 Å². The molecule has 1 heterocycles. The summed E-state index contributed by atoms with van der Waals surface area (Å²) in [5, 5.41) is 3.16. The van der Waals surface area contributed by atoms with Crippen LogP contribution in [0.1, 0.15) is 79.1 Å². The van der Waals surface area contributed by atoms with Crippen LogP contribution in [0.15, 0.2) is 0 Å². The summed E-state index contributed by atoms with van der Waals surface area (Å²) in [6.45, 7) is 11.7. The van der Waals surface area contributed by atoms with E-state index in [0.717, 1.165) is 18.9 Å². The van der Waals surface area contributed by atoms with Crippen molar-refractivity contribution in [3.63, 3.8) is 0 Å². The van der Waals surface area contributed by atoms with Crippen LogP contribution in [-0.2, 0) is 4.74 Å². The van der Waals surface area contributed by atoms with E-state index in [9.17, 15) is 4.79 Å². The first-order valence-electron chi connectivity index (χ1n) is 10.1. The highest BCUT2D eigenvalue weighted by Crippen LogP contribution is 2.28. The van der Waals surface area contributed by atoms with Crippen molar-refractivity contribution in [1.29, 1.82) is 0 Å². The van der Waals surface area contributed by atoms with E-state index >= 15 is 0 Å². The molecule has 1 saturated carbocycles. The third-order valence-corrected chi connectivity index (χ3v) is 5.40. The standard InChI is InChI=1S/C20H38N2O2/c1-5-9-16-10-8-13-22(14-16)15-17-11-6-7-12-18(17)21-19(23)24-20(2,3)4/h16-18H,5-15H2,1-4H3,(H,21,23)/t16?,17-,18+/m0/s1. The van der Waals surface area contributed by atoms with Crippen LogP contribution in [-0.4, -0.2) is 42.3 Å². The Labute approximate surface area is 148 Å². The van der Waals surface area contributed by atoms with E-state index in [1.165, 1.54) is 58.0 Å². The number of rotatable bonds is 5. The van der Waals surface area contributed by atoms with Crippen LogP contribution in [0.25, 0.3) is 0 Å². The lowest BCUT2D eigenvalue weighted by Gasteiger charge is -2.39. The molecule has 24 heavy (non-hydrogen) atoms. The fourth-order valence-corrected chi connectivity index (χ4v) is 4.37. The molecular formula is C20H38N2O2. The van der Waals surface area contributed by atoms with E-state index in [1.807, 2.05) is 20.8 Å². The maximum Gasteiger partial charge on any atom is 0.407 e. The van der Waals surface area contributed by atoms with Gasteiger partial charge in [-0.05, 0) is 71.3 Å². The van der Waals surface area contributed by atoms with Crippen LogP contribution in [0.4, 0.5) is 4.79 Å². The Kier molecular flexibility index (Phi) is 7.39. The van der Waals surface area contributed by atoms with Crippen molar-refractivity contribution < 1.29 is 9.53 Å². The number of likely N-dealkylation sites (tertiary alicyclic amines) is 1. The smallest absolute Gasteiger partial charge is 0.407 e. The van der Waals surface area contributed by atoms with Crippen molar-refractivity contribution in [3.8, 4) is 0 Å². The SMILES string of the molecule is CCCC1CCCN(C[C@@H]2CCCC[C@H]2NC(=O)OC(C)(C)C)C1. The summed E-state index contributed by atoms with van der Waals surface area (Å²) in [4.78, 5) is 14.8. The van der Waals surface area contributed by atoms with Crippen molar-refractivity contribution in [1.82, 2.24) is 10.2 Å². The third kappa shape index (κ3) is 6.62. The van der Waals surface area contributed by atoms with Crippen LogP contribution in [0, 0.1) is 11.8 Å². The zero-order chi connectivity index (χ0) is 17.6. The van der Waals surface area contributed by atoms with Crippen molar-refractivity contribution in [3.05, 3.63) is 0 Å². The molecule has 1 saturated heterocycles. The number of hydrogen-bond donors (Lipinski definition) is 1. The molecule has 4 heteroatoms. The molecule has 0 spiro atoms. The second-order valence-electron chi connectivity index (χ2n) is 8.85. The number of piperidine rings is 1. The Hall–Kier alpha value is -0.770. The number of ether oxygens (including phenoxy) is 1. The minimum absolute atomic E-state index is 0.248. The number of nitrogens with zero attached hydrogens (tertiary/aromatic N) is 1. The monoisotopic (exact) mass is 338 g/mol. The Morgan fingerprint density at radius 1 is 1.17 bits per heavy atom.